The molecule has 0 N–H and O–H groups in total. The second kappa shape index (κ2) is 10.9. The first-order valence-corrected chi connectivity index (χ1v) is 9.53. The molecule has 0 spiro atoms. The molecule has 0 radical (unpaired) electrons. The van der Waals surface area contributed by atoms with Crippen LogP contribution in [-0.4, -0.2) is 42.4 Å². The van der Waals surface area contributed by atoms with E-state index in [0.717, 1.165) is 41.6 Å². The molecule has 0 aliphatic rings. The highest BCUT2D eigenvalue weighted by Gasteiger charge is 2.05. The number of methoxy groups -OCH3 is 1. The van der Waals surface area contributed by atoms with Crippen LogP contribution in [0.3, 0.4) is 0 Å². The molecule has 2 aromatic carbocycles. The lowest BCUT2D eigenvalue weighted by Gasteiger charge is -2.10. The highest BCUT2D eigenvalue weighted by atomic mass is 79.9. The highest BCUT2D eigenvalue weighted by Crippen LogP contribution is 2.16. The van der Waals surface area contributed by atoms with Gasteiger partial charge in [-0.2, -0.15) is 5.10 Å². The summed E-state index contributed by atoms with van der Waals surface area (Å²) in [6, 6.07) is 13.7. The van der Waals surface area contributed by atoms with Gasteiger partial charge in [-0.3, -0.25) is 4.79 Å². The van der Waals surface area contributed by atoms with Gasteiger partial charge in [0.2, 0.25) is 0 Å². The highest BCUT2D eigenvalue weighted by molar-refractivity contribution is 8.93. The second-order valence-electron chi connectivity index (χ2n) is 7.14. The van der Waals surface area contributed by atoms with Gasteiger partial charge in [0, 0.05) is 11.9 Å². The minimum Gasteiger partial charge on any atom is -0.497 e. The number of fused-ring (bicyclic) bond motifs is 1. The fraction of sp³-hybridized carbons (Fsp3) is 0.304. The summed E-state index contributed by atoms with van der Waals surface area (Å²) in [5.41, 5.74) is 2.11. The molecule has 0 saturated carbocycles. The third-order valence-corrected chi connectivity index (χ3v) is 4.69. The quantitative estimate of drug-likeness (QED) is 0.369. The summed E-state index contributed by atoms with van der Waals surface area (Å²) in [4.78, 5) is 14.8. The average Bonchev–Trinajstić information content (AvgIpc) is 2.71. The van der Waals surface area contributed by atoms with Gasteiger partial charge in [0.25, 0.3) is 5.56 Å². The van der Waals surface area contributed by atoms with Gasteiger partial charge in [-0.1, -0.05) is 30.4 Å². The van der Waals surface area contributed by atoms with E-state index in [1.807, 2.05) is 54.6 Å². The van der Waals surface area contributed by atoms with Crippen molar-refractivity contribution in [3.8, 4) is 5.75 Å². The van der Waals surface area contributed by atoms with Crippen LogP contribution in [0.4, 0.5) is 0 Å². The van der Waals surface area contributed by atoms with Gasteiger partial charge in [-0.05, 0) is 68.9 Å². The number of ether oxygens (including phenoxy) is 1. The first-order chi connectivity index (χ1) is 13.6. The lowest BCUT2D eigenvalue weighted by molar-refractivity contribution is 0.383. The van der Waals surface area contributed by atoms with Crippen LogP contribution in [0.1, 0.15) is 24.0 Å². The fourth-order valence-corrected chi connectivity index (χ4v) is 3.07. The summed E-state index contributed by atoms with van der Waals surface area (Å²) in [7, 11) is 5.77. The van der Waals surface area contributed by atoms with Crippen molar-refractivity contribution >= 4 is 39.9 Å². The molecule has 5 nitrogen and oxygen atoms in total. The molecule has 0 aliphatic heterocycles. The summed E-state index contributed by atoms with van der Waals surface area (Å²) >= 11 is 0. The minimum absolute atomic E-state index is 0. The van der Waals surface area contributed by atoms with E-state index in [-0.39, 0.29) is 22.5 Å². The summed E-state index contributed by atoms with van der Waals surface area (Å²) in [5.74, 6) is 0.840. The summed E-state index contributed by atoms with van der Waals surface area (Å²) in [6.45, 7) is 1.67. The normalized spacial score (nSPS) is 11.2. The van der Waals surface area contributed by atoms with Crippen molar-refractivity contribution < 1.29 is 4.74 Å². The van der Waals surface area contributed by atoms with E-state index in [0.29, 0.717) is 11.9 Å². The fourth-order valence-electron chi connectivity index (χ4n) is 3.07. The maximum Gasteiger partial charge on any atom is 0.274 e. The topological polar surface area (TPSA) is 47.4 Å². The molecule has 154 valence electrons. The molecule has 0 fully saturated rings. The molecule has 0 saturated heterocycles. The van der Waals surface area contributed by atoms with Gasteiger partial charge >= 0.3 is 0 Å². The Hall–Kier alpha value is -2.44. The largest absolute Gasteiger partial charge is 0.497 e. The SMILES string of the molecule is Br.COc1ccc(/C=C/c2ccc3c(=O)n(CCCCN(C)C)ncc3c2)cc1. The Labute approximate surface area is 182 Å². The van der Waals surface area contributed by atoms with Crippen molar-refractivity contribution in [3.63, 3.8) is 0 Å². The number of aryl methyl sites for hydroxylation is 1. The molecule has 6 heteroatoms. The Morgan fingerprint density at radius 2 is 1.72 bits per heavy atom. The van der Waals surface area contributed by atoms with E-state index in [1.165, 1.54) is 0 Å². The van der Waals surface area contributed by atoms with Crippen molar-refractivity contribution in [2.24, 2.45) is 0 Å². The zero-order valence-electron chi connectivity index (χ0n) is 17.2. The van der Waals surface area contributed by atoms with Crippen molar-refractivity contribution in [1.29, 1.82) is 0 Å². The van der Waals surface area contributed by atoms with E-state index in [2.05, 4.69) is 24.1 Å². The molecule has 0 unspecified atom stereocenters. The van der Waals surface area contributed by atoms with Crippen LogP contribution in [0.25, 0.3) is 22.9 Å². The molecule has 3 rings (SSSR count). The lowest BCUT2D eigenvalue weighted by atomic mass is 10.1. The standard InChI is InChI=1S/C23H27N3O2.BrH/c1-25(2)14-4-5-15-26-23(27)22-13-10-19(16-20(22)17-24-26)7-6-18-8-11-21(28-3)12-9-18;/h6-13,16-17H,4-5,14-15H2,1-3H3;1H/b7-6+;. The van der Waals surface area contributed by atoms with Crippen molar-refractivity contribution in [3.05, 3.63) is 70.1 Å². The van der Waals surface area contributed by atoms with Crippen LogP contribution in [-0.2, 0) is 6.54 Å². The number of hydrogen-bond acceptors (Lipinski definition) is 4. The third-order valence-electron chi connectivity index (χ3n) is 4.69. The van der Waals surface area contributed by atoms with Crippen LogP contribution in [0.15, 0.2) is 53.5 Å². The number of nitrogens with zero attached hydrogens (tertiary/aromatic N) is 3. The second-order valence-corrected chi connectivity index (χ2v) is 7.14. The van der Waals surface area contributed by atoms with Gasteiger partial charge < -0.3 is 9.64 Å². The first-order valence-electron chi connectivity index (χ1n) is 9.53. The summed E-state index contributed by atoms with van der Waals surface area (Å²) in [6.07, 6.45) is 7.86. The predicted molar refractivity (Wildman–Crippen MR) is 126 cm³/mol. The smallest absolute Gasteiger partial charge is 0.274 e. The van der Waals surface area contributed by atoms with E-state index < -0.39 is 0 Å². The van der Waals surface area contributed by atoms with Crippen molar-refractivity contribution in [2.75, 3.05) is 27.7 Å². The summed E-state index contributed by atoms with van der Waals surface area (Å²) < 4.78 is 6.75. The van der Waals surface area contributed by atoms with Crippen molar-refractivity contribution in [1.82, 2.24) is 14.7 Å². The molecule has 0 bridgehead atoms. The van der Waals surface area contributed by atoms with Crippen LogP contribution in [0.5, 0.6) is 5.75 Å². The molecule has 29 heavy (non-hydrogen) atoms. The molecule has 0 amide bonds. The molecule has 3 aromatic rings. The van der Waals surface area contributed by atoms with Gasteiger partial charge in [0.1, 0.15) is 5.75 Å². The van der Waals surface area contributed by atoms with Gasteiger partial charge in [0.15, 0.2) is 0 Å². The maximum absolute atomic E-state index is 12.7. The molecular weight excluding hydrogens is 430 g/mol. The number of aromatic nitrogens is 2. The van der Waals surface area contributed by atoms with E-state index in [9.17, 15) is 4.79 Å². The molecular formula is C23H28BrN3O2. The Balaban J connectivity index is 0.00000300. The molecule has 0 aliphatic carbocycles. The Kier molecular flexibility index (Phi) is 8.61. The Bertz CT molecular complexity index is 1010. The number of hydrogen-bond donors (Lipinski definition) is 0. The van der Waals surface area contributed by atoms with Gasteiger partial charge in [-0.25, -0.2) is 4.68 Å². The van der Waals surface area contributed by atoms with Crippen LogP contribution >= 0.6 is 17.0 Å². The van der Waals surface area contributed by atoms with Gasteiger partial charge in [-0.15, -0.1) is 17.0 Å². The number of benzene rings is 2. The Morgan fingerprint density at radius 1 is 1.03 bits per heavy atom. The van der Waals surface area contributed by atoms with Crippen LogP contribution in [0.2, 0.25) is 0 Å². The average molecular weight is 458 g/mol. The summed E-state index contributed by atoms with van der Waals surface area (Å²) in [5, 5.41) is 5.93. The van der Waals surface area contributed by atoms with Crippen LogP contribution < -0.4 is 10.3 Å². The maximum atomic E-state index is 12.7. The monoisotopic (exact) mass is 457 g/mol. The lowest BCUT2D eigenvalue weighted by Crippen LogP contribution is -2.23. The van der Waals surface area contributed by atoms with E-state index in [4.69, 9.17) is 4.74 Å². The third kappa shape index (κ3) is 6.27. The van der Waals surface area contributed by atoms with Gasteiger partial charge in [0.05, 0.1) is 18.7 Å². The van der Waals surface area contributed by atoms with E-state index in [1.54, 1.807) is 18.0 Å². The number of unbranched alkanes of at least 4 members (excludes halogenated alkanes) is 1. The number of halogens is 1. The Morgan fingerprint density at radius 3 is 2.41 bits per heavy atom. The number of rotatable bonds is 8. The molecule has 1 aromatic heterocycles. The first kappa shape index (κ1) is 22.8. The predicted octanol–water partition coefficient (Wildman–Crippen LogP) is 4.50. The minimum atomic E-state index is -0.0203. The van der Waals surface area contributed by atoms with Crippen molar-refractivity contribution in [2.45, 2.75) is 19.4 Å². The molecule has 0 atom stereocenters. The van der Waals surface area contributed by atoms with Crippen LogP contribution in [0, 0.1) is 0 Å². The zero-order valence-corrected chi connectivity index (χ0v) is 18.9. The zero-order chi connectivity index (χ0) is 19.9. The van der Waals surface area contributed by atoms with E-state index >= 15 is 0 Å². The molecule has 1 heterocycles.